The molecule has 0 rings (SSSR count). The third-order valence-electron chi connectivity index (χ3n) is 19.8. The Bertz CT molecular complexity index is 1350. The van der Waals surface area contributed by atoms with Crippen molar-refractivity contribution in [3.05, 3.63) is 12.2 Å². The Balaban J connectivity index is 3.31. The first-order valence-electron chi connectivity index (χ1n) is 41.5. The summed E-state index contributed by atoms with van der Waals surface area (Å²) in [6.07, 6.45) is 101. The number of amides is 1. The number of allylic oxidation sites excluding steroid dienone is 1. The molecule has 0 aliphatic heterocycles. The maximum absolute atomic E-state index is 12.5. The lowest BCUT2D eigenvalue weighted by Gasteiger charge is -2.20. The van der Waals surface area contributed by atoms with Crippen LogP contribution in [0.2, 0.25) is 0 Å². The van der Waals surface area contributed by atoms with Crippen molar-refractivity contribution < 1.29 is 24.5 Å². The minimum atomic E-state index is -0.841. The van der Waals surface area contributed by atoms with Crippen molar-refractivity contribution in [3.63, 3.8) is 0 Å². The van der Waals surface area contributed by atoms with E-state index in [9.17, 15) is 19.8 Å². The van der Waals surface area contributed by atoms with Gasteiger partial charge in [0.25, 0.3) is 0 Å². The highest BCUT2D eigenvalue weighted by atomic mass is 16.5. The summed E-state index contributed by atoms with van der Waals surface area (Å²) < 4.78 is 5.52. The Morgan fingerprint density at radius 2 is 0.517 bits per heavy atom. The van der Waals surface area contributed by atoms with Gasteiger partial charge in [-0.2, -0.15) is 0 Å². The third kappa shape index (κ3) is 75.5. The van der Waals surface area contributed by atoms with E-state index in [1.807, 2.05) is 6.08 Å². The van der Waals surface area contributed by atoms with Crippen molar-refractivity contribution in [3.8, 4) is 0 Å². The van der Waals surface area contributed by atoms with Crippen LogP contribution in [0.25, 0.3) is 0 Å². The maximum Gasteiger partial charge on any atom is 0.305 e. The molecule has 0 aliphatic rings. The van der Waals surface area contributed by atoms with E-state index in [4.69, 9.17) is 4.74 Å². The lowest BCUT2D eigenvalue weighted by molar-refractivity contribution is -0.143. The summed E-state index contributed by atoms with van der Waals surface area (Å²) in [7, 11) is 0. The first kappa shape index (κ1) is 87.6. The normalized spacial score (nSPS) is 12.4. The Morgan fingerprint density at radius 1 is 0.303 bits per heavy atom. The summed E-state index contributed by atoms with van der Waals surface area (Å²) in [6, 6.07) is -0.624. The molecule has 530 valence electrons. The molecule has 0 heterocycles. The van der Waals surface area contributed by atoms with Crippen LogP contribution in [0.3, 0.4) is 0 Å². The average Bonchev–Trinajstić information content (AvgIpc) is 3.62. The smallest absolute Gasteiger partial charge is 0.305 e. The van der Waals surface area contributed by atoms with Crippen LogP contribution < -0.4 is 5.32 Å². The van der Waals surface area contributed by atoms with E-state index in [1.165, 1.54) is 417 Å². The van der Waals surface area contributed by atoms with Gasteiger partial charge in [0.1, 0.15) is 0 Å². The summed E-state index contributed by atoms with van der Waals surface area (Å²) in [5, 5.41) is 23.3. The van der Waals surface area contributed by atoms with Gasteiger partial charge in [0.15, 0.2) is 0 Å². The van der Waals surface area contributed by atoms with Crippen LogP contribution in [0.4, 0.5) is 0 Å². The molecule has 2 atom stereocenters. The van der Waals surface area contributed by atoms with E-state index in [-0.39, 0.29) is 18.5 Å². The number of hydrogen-bond donors (Lipinski definition) is 3. The zero-order chi connectivity index (χ0) is 64.2. The van der Waals surface area contributed by atoms with Crippen molar-refractivity contribution in [1.82, 2.24) is 5.32 Å². The van der Waals surface area contributed by atoms with Crippen molar-refractivity contribution in [2.45, 2.75) is 495 Å². The fraction of sp³-hybridized carbons (Fsp3) is 0.952. The third-order valence-corrected chi connectivity index (χ3v) is 19.8. The zero-order valence-corrected chi connectivity index (χ0v) is 61.0. The fourth-order valence-corrected chi connectivity index (χ4v) is 13.5. The van der Waals surface area contributed by atoms with Gasteiger partial charge in [-0.3, -0.25) is 9.59 Å². The fourth-order valence-electron chi connectivity index (χ4n) is 13.5. The molecule has 89 heavy (non-hydrogen) atoms. The lowest BCUT2D eigenvalue weighted by Crippen LogP contribution is -2.45. The van der Waals surface area contributed by atoms with Gasteiger partial charge in [0.05, 0.1) is 25.4 Å². The van der Waals surface area contributed by atoms with Gasteiger partial charge in [-0.25, -0.2) is 0 Å². The molecular weight excluding hydrogens is 1090 g/mol. The molecule has 0 saturated carbocycles. The van der Waals surface area contributed by atoms with Crippen LogP contribution in [0.1, 0.15) is 483 Å². The van der Waals surface area contributed by atoms with Gasteiger partial charge >= 0.3 is 5.97 Å². The molecule has 0 aromatic heterocycles. The monoisotopic (exact) mass is 1250 g/mol. The van der Waals surface area contributed by atoms with Gasteiger partial charge in [0, 0.05) is 12.8 Å². The summed E-state index contributed by atoms with van der Waals surface area (Å²) in [4.78, 5) is 24.7. The number of ether oxygens (including phenoxy) is 1. The van der Waals surface area contributed by atoms with Gasteiger partial charge in [-0.05, 0) is 32.1 Å². The number of aliphatic hydroxyl groups excluding tert-OH is 2. The van der Waals surface area contributed by atoms with E-state index in [0.717, 1.165) is 38.5 Å². The Hall–Kier alpha value is -1.40. The molecule has 0 aromatic rings. The van der Waals surface area contributed by atoms with Crippen LogP contribution >= 0.6 is 0 Å². The molecule has 0 spiro atoms. The molecule has 0 radical (unpaired) electrons. The second kappa shape index (κ2) is 79.0. The van der Waals surface area contributed by atoms with Crippen LogP contribution in [0.5, 0.6) is 0 Å². The molecule has 1 amide bonds. The average molecular weight is 1260 g/mol. The Labute approximate surface area is 559 Å². The molecule has 0 aliphatic carbocycles. The number of aliphatic hydroxyl groups is 2. The number of rotatable bonds is 79. The summed E-state index contributed by atoms with van der Waals surface area (Å²) in [5.41, 5.74) is 0. The molecule has 0 fully saturated rings. The van der Waals surface area contributed by atoms with Crippen molar-refractivity contribution in [1.29, 1.82) is 0 Å². The largest absolute Gasteiger partial charge is 0.466 e. The Morgan fingerprint density at radius 3 is 0.764 bits per heavy atom. The minimum Gasteiger partial charge on any atom is -0.466 e. The number of nitrogens with one attached hydrogen (secondary N) is 1. The van der Waals surface area contributed by atoms with Crippen molar-refractivity contribution in [2.75, 3.05) is 13.2 Å². The van der Waals surface area contributed by atoms with E-state index < -0.39 is 12.1 Å². The van der Waals surface area contributed by atoms with Gasteiger partial charge in [-0.1, -0.05) is 450 Å². The number of carbonyl (C=O) groups excluding carboxylic acids is 2. The predicted octanol–water partition coefficient (Wildman–Crippen LogP) is 27.4. The highest BCUT2D eigenvalue weighted by molar-refractivity contribution is 5.76. The molecule has 2 unspecified atom stereocenters. The van der Waals surface area contributed by atoms with Crippen molar-refractivity contribution >= 4 is 11.9 Å². The lowest BCUT2D eigenvalue weighted by atomic mass is 10.0. The topological polar surface area (TPSA) is 95.9 Å². The van der Waals surface area contributed by atoms with E-state index in [2.05, 4.69) is 19.2 Å². The van der Waals surface area contributed by atoms with Crippen LogP contribution in [-0.2, 0) is 14.3 Å². The molecule has 0 bridgehead atoms. The second-order valence-electron chi connectivity index (χ2n) is 28.8. The van der Waals surface area contributed by atoms with E-state index in [1.54, 1.807) is 6.08 Å². The number of esters is 1. The van der Waals surface area contributed by atoms with Gasteiger partial charge < -0.3 is 20.3 Å². The van der Waals surface area contributed by atoms with E-state index >= 15 is 0 Å². The second-order valence-corrected chi connectivity index (χ2v) is 28.8. The maximum atomic E-state index is 12.5. The zero-order valence-electron chi connectivity index (χ0n) is 61.0. The predicted molar refractivity (Wildman–Crippen MR) is 394 cm³/mol. The standard InChI is InChI=1S/C83H163NO5/c1-3-5-7-9-11-13-15-17-19-21-40-43-47-51-55-59-63-67-71-75-81(86)80(79-85)84-82(87)76-72-68-64-60-56-52-48-44-41-38-36-34-32-30-28-26-24-23-25-27-29-31-33-35-37-39-42-46-50-54-58-62-66-70-74-78-89-83(88)77-73-69-65-61-57-53-49-45-22-20-18-16-14-12-10-8-6-4-2/h71,75,80-81,85-86H,3-70,72-74,76-79H2,1-2H3,(H,84,87)/b75-71+. The molecule has 0 aromatic carbocycles. The molecule has 3 N–H and O–H groups in total. The summed E-state index contributed by atoms with van der Waals surface area (Å²) >= 11 is 0. The summed E-state index contributed by atoms with van der Waals surface area (Å²) in [5.74, 6) is -0.0296. The van der Waals surface area contributed by atoms with Crippen molar-refractivity contribution in [2.24, 2.45) is 0 Å². The highest BCUT2D eigenvalue weighted by Crippen LogP contribution is 2.21. The molecule has 6 nitrogen and oxygen atoms in total. The number of unbranched alkanes of at least 4 members (excludes halogenated alkanes) is 68. The molecule has 0 saturated heterocycles. The van der Waals surface area contributed by atoms with E-state index in [0.29, 0.717) is 19.4 Å². The highest BCUT2D eigenvalue weighted by Gasteiger charge is 2.18. The quantitative estimate of drug-likeness (QED) is 0.0320. The van der Waals surface area contributed by atoms with Crippen LogP contribution in [0.15, 0.2) is 12.2 Å². The summed E-state index contributed by atoms with van der Waals surface area (Å²) in [6.45, 7) is 4.97. The Kier molecular flexibility index (Phi) is 77.8. The SMILES string of the molecule is CCCCCCCCCCCCCCCCCCC/C=C/C(O)C(CO)NC(=O)CCCCCCCCCCCCCCCCCCCCCCCCCCCCCCCCCCCCCOC(=O)CCCCCCCCCCCCCCCCCCCC. The first-order chi connectivity index (χ1) is 44.0. The van der Waals surface area contributed by atoms with Crippen LogP contribution in [-0.4, -0.2) is 47.4 Å². The number of hydrogen-bond acceptors (Lipinski definition) is 5. The minimum absolute atomic E-state index is 0.0281. The molecular formula is C83H163NO5. The number of carbonyl (C=O) groups is 2. The van der Waals surface area contributed by atoms with Crippen LogP contribution in [0, 0.1) is 0 Å². The molecule has 6 heteroatoms. The van der Waals surface area contributed by atoms with Gasteiger partial charge in [-0.15, -0.1) is 0 Å². The van der Waals surface area contributed by atoms with Gasteiger partial charge in [0.2, 0.25) is 5.91 Å². The first-order valence-corrected chi connectivity index (χ1v) is 41.5.